The van der Waals surface area contributed by atoms with Gasteiger partial charge in [-0.05, 0) is 68.7 Å². The lowest BCUT2D eigenvalue weighted by Crippen LogP contribution is -2.40. The molecule has 1 aliphatic heterocycles. The number of benzene rings is 1. The number of rotatable bonds is 6. The monoisotopic (exact) mass is 471 g/mol. The van der Waals surface area contributed by atoms with Gasteiger partial charge in [-0.3, -0.25) is 9.18 Å². The molecule has 1 amide bonds. The number of amides is 1. The fourth-order valence-corrected chi connectivity index (χ4v) is 4.58. The van der Waals surface area contributed by atoms with Crippen LogP contribution in [0.4, 0.5) is 10.2 Å². The summed E-state index contributed by atoms with van der Waals surface area (Å²) in [5.74, 6) is 1.29. The van der Waals surface area contributed by atoms with E-state index in [1.165, 1.54) is 0 Å². The number of hydrogen-bond acceptors (Lipinski definition) is 6. The fourth-order valence-electron chi connectivity index (χ4n) is 4.37. The van der Waals surface area contributed by atoms with E-state index in [4.69, 9.17) is 21.6 Å². The van der Waals surface area contributed by atoms with Crippen LogP contribution in [0, 0.1) is 17.2 Å². The number of anilines is 1. The lowest BCUT2D eigenvalue weighted by Gasteiger charge is -2.31. The first kappa shape index (κ1) is 23.2. The highest BCUT2D eigenvalue weighted by molar-refractivity contribution is 6.31. The van der Waals surface area contributed by atoms with Gasteiger partial charge in [-0.1, -0.05) is 11.6 Å². The van der Waals surface area contributed by atoms with Crippen molar-refractivity contribution in [2.75, 3.05) is 24.7 Å². The minimum Gasteiger partial charge on any atom is -0.490 e. The van der Waals surface area contributed by atoms with Crippen molar-refractivity contribution in [2.45, 2.75) is 50.7 Å². The molecule has 2 fully saturated rings. The maximum absolute atomic E-state index is 12.8. The number of piperidine rings is 1. The van der Waals surface area contributed by atoms with Crippen molar-refractivity contribution in [3.8, 4) is 11.8 Å². The Labute approximate surface area is 197 Å². The first-order valence-electron chi connectivity index (χ1n) is 11.4. The zero-order valence-corrected chi connectivity index (χ0v) is 19.1. The highest BCUT2D eigenvalue weighted by Crippen LogP contribution is 2.27. The number of nitriles is 1. The molecule has 0 spiro atoms. The quantitative estimate of drug-likeness (QED) is 0.675. The van der Waals surface area contributed by atoms with Crippen LogP contribution in [0.15, 0.2) is 30.3 Å². The SMILES string of the molecule is N#Cc1ccc(OC2CCC(NC(=O)c3ccc(N4CCC(CF)CC4)nn3)CC2)cc1Cl. The molecule has 1 N–H and O–H groups in total. The van der Waals surface area contributed by atoms with E-state index in [-0.39, 0.29) is 30.6 Å². The van der Waals surface area contributed by atoms with Crippen LogP contribution in [0.2, 0.25) is 5.02 Å². The molecule has 33 heavy (non-hydrogen) atoms. The highest BCUT2D eigenvalue weighted by atomic mass is 35.5. The van der Waals surface area contributed by atoms with Crippen LogP contribution in [0.3, 0.4) is 0 Å². The second-order valence-corrected chi connectivity index (χ2v) is 9.09. The Balaban J connectivity index is 1.24. The van der Waals surface area contributed by atoms with E-state index in [0.29, 0.717) is 22.0 Å². The van der Waals surface area contributed by atoms with Gasteiger partial charge in [0.1, 0.15) is 11.8 Å². The number of nitrogens with zero attached hydrogens (tertiary/aromatic N) is 4. The Morgan fingerprint density at radius 3 is 2.52 bits per heavy atom. The van der Waals surface area contributed by atoms with Crippen molar-refractivity contribution in [3.05, 3.63) is 46.6 Å². The summed E-state index contributed by atoms with van der Waals surface area (Å²) < 4.78 is 18.8. The second-order valence-electron chi connectivity index (χ2n) is 8.68. The number of carbonyl (C=O) groups excluding carboxylic acids is 1. The lowest BCUT2D eigenvalue weighted by molar-refractivity contribution is 0.0888. The molecule has 1 saturated carbocycles. The van der Waals surface area contributed by atoms with Gasteiger partial charge in [0.2, 0.25) is 0 Å². The average molecular weight is 472 g/mol. The molecule has 0 unspecified atom stereocenters. The van der Waals surface area contributed by atoms with Gasteiger partial charge in [0, 0.05) is 25.2 Å². The van der Waals surface area contributed by atoms with Gasteiger partial charge in [0.15, 0.2) is 11.5 Å². The third-order valence-corrected chi connectivity index (χ3v) is 6.73. The molecule has 2 heterocycles. The Morgan fingerprint density at radius 1 is 1.15 bits per heavy atom. The maximum Gasteiger partial charge on any atom is 0.272 e. The van der Waals surface area contributed by atoms with Crippen LogP contribution in [-0.4, -0.2) is 48.0 Å². The Bertz CT molecular complexity index is 997. The smallest absolute Gasteiger partial charge is 0.272 e. The van der Waals surface area contributed by atoms with Gasteiger partial charge < -0.3 is 15.0 Å². The molecule has 1 aromatic carbocycles. The number of halogens is 2. The predicted octanol–water partition coefficient (Wildman–Crippen LogP) is 4.31. The van der Waals surface area contributed by atoms with Gasteiger partial charge in [0.25, 0.3) is 5.91 Å². The van der Waals surface area contributed by atoms with E-state index in [0.717, 1.165) is 57.4 Å². The molecule has 0 bridgehead atoms. The van der Waals surface area contributed by atoms with Gasteiger partial charge in [0.05, 0.1) is 23.4 Å². The van der Waals surface area contributed by atoms with Crippen molar-refractivity contribution in [3.63, 3.8) is 0 Å². The maximum atomic E-state index is 12.8. The van der Waals surface area contributed by atoms with E-state index < -0.39 is 0 Å². The molecule has 1 saturated heterocycles. The van der Waals surface area contributed by atoms with E-state index in [2.05, 4.69) is 20.4 Å². The average Bonchev–Trinajstić information content (AvgIpc) is 2.85. The molecule has 2 aromatic rings. The lowest BCUT2D eigenvalue weighted by atomic mass is 9.93. The van der Waals surface area contributed by atoms with Crippen LogP contribution in [0.25, 0.3) is 0 Å². The number of ether oxygens (including phenoxy) is 1. The Morgan fingerprint density at radius 2 is 1.91 bits per heavy atom. The fraction of sp³-hybridized carbons (Fsp3) is 0.500. The van der Waals surface area contributed by atoms with E-state index >= 15 is 0 Å². The third-order valence-electron chi connectivity index (χ3n) is 6.41. The van der Waals surface area contributed by atoms with Gasteiger partial charge in [-0.2, -0.15) is 5.26 Å². The summed E-state index contributed by atoms with van der Waals surface area (Å²) in [7, 11) is 0. The van der Waals surface area contributed by atoms with Crippen LogP contribution < -0.4 is 15.0 Å². The van der Waals surface area contributed by atoms with Crippen molar-refractivity contribution < 1.29 is 13.9 Å². The van der Waals surface area contributed by atoms with Gasteiger partial charge in [-0.25, -0.2) is 0 Å². The summed E-state index contributed by atoms with van der Waals surface area (Å²) in [5.41, 5.74) is 0.718. The minimum atomic E-state index is -0.267. The van der Waals surface area contributed by atoms with Crippen LogP contribution in [0.5, 0.6) is 5.75 Å². The molecule has 9 heteroatoms. The summed E-state index contributed by atoms with van der Waals surface area (Å²) >= 11 is 6.07. The van der Waals surface area contributed by atoms with E-state index in [1.807, 2.05) is 12.1 Å². The second kappa shape index (κ2) is 10.8. The number of hydrogen-bond donors (Lipinski definition) is 1. The van der Waals surface area contributed by atoms with Crippen molar-refractivity contribution in [1.29, 1.82) is 5.26 Å². The van der Waals surface area contributed by atoms with E-state index in [1.54, 1.807) is 24.3 Å². The molecule has 0 atom stereocenters. The minimum absolute atomic E-state index is 0.0442. The predicted molar refractivity (Wildman–Crippen MR) is 123 cm³/mol. The van der Waals surface area contributed by atoms with Crippen LogP contribution >= 0.6 is 11.6 Å². The number of aromatic nitrogens is 2. The van der Waals surface area contributed by atoms with Crippen molar-refractivity contribution >= 4 is 23.3 Å². The number of nitrogens with one attached hydrogen (secondary N) is 1. The van der Waals surface area contributed by atoms with Gasteiger partial charge >= 0.3 is 0 Å². The highest BCUT2D eigenvalue weighted by Gasteiger charge is 2.25. The molecule has 7 nitrogen and oxygen atoms in total. The topological polar surface area (TPSA) is 91.1 Å². The van der Waals surface area contributed by atoms with E-state index in [9.17, 15) is 9.18 Å². The first-order chi connectivity index (χ1) is 16.1. The normalized spacial score (nSPS) is 21.3. The first-order valence-corrected chi connectivity index (χ1v) is 11.8. The molecule has 2 aliphatic rings. The summed E-state index contributed by atoms with van der Waals surface area (Å²) in [5, 5.41) is 20.7. The summed E-state index contributed by atoms with van der Waals surface area (Å²) in [4.78, 5) is 14.7. The Kier molecular flexibility index (Phi) is 7.61. The largest absolute Gasteiger partial charge is 0.490 e. The molecule has 174 valence electrons. The summed E-state index contributed by atoms with van der Waals surface area (Å²) in [6.07, 6.45) is 4.88. The molecule has 0 radical (unpaired) electrons. The molecule has 4 rings (SSSR count). The molecular formula is C24H27ClFN5O2. The number of alkyl halides is 1. The molecule has 1 aliphatic carbocycles. The van der Waals surface area contributed by atoms with Crippen LogP contribution in [-0.2, 0) is 0 Å². The summed E-state index contributed by atoms with van der Waals surface area (Å²) in [6.45, 7) is 1.25. The molecular weight excluding hydrogens is 445 g/mol. The van der Waals surface area contributed by atoms with Crippen LogP contribution in [0.1, 0.15) is 54.6 Å². The van der Waals surface area contributed by atoms with Crippen molar-refractivity contribution in [2.24, 2.45) is 5.92 Å². The van der Waals surface area contributed by atoms with Crippen molar-refractivity contribution in [1.82, 2.24) is 15.5 Å². The Hall–Kier alpha value is -2.92. The third kappa shape index (κ3) is 5.91. The zero-order valence-electron chi connectivity index (χ0n) is 18.3. The summed E-state index contributed by atoms with van der Waals surface area (Å²) in [6, 6.07) is 10.7. The zero-order chi connectivity index (χ0) is 23.2. The number of carbonyl (C=O) groups is 1. The molecule has 1 aromatic heterocycles. The standard InChI is InChI=1S/C24H27ClFN5O2/c25-21-13-20(4-1-17(21)15-27)33-19-5-2-18(3-6-19)28-24(32)22-7-8-23(30-29-22)31-11-9-16(14-26)10-12-31/h1,4,7-8,13,16,18-19H,2-3,5-6,9-12,14H2,(H,28,32). The van der Waals surface area contributed by atoms with Gasteiger partial charge in [-0.15, -0.1) is 10.2 Å².